The van der Waals surface area contributed by atoms with Crippen LogP contribution >= 0.6 is 0 Å². The summed E-state index contributed by atoms with van der Waals surface area (Å²) in [5.41, 5.74) is -0.204. The Morgan fingerprint density at radius 2 is 2.14 bits per heavy atom. The molecule has 5 heteroatoms. The van der Waals surface area contributed by atoms with Gasteiger partial charge in [0.1, 0.15) is 0 Å². The average Bonchev–Trinajstić information content (AvgIpc) is 2.45. The first-order chi connectivity index (χ1) is 9.84. The first kappa shape index (κ1) is 16.0. The standard InChI is InChI=1S/C16H28N4O/c1-12(17-5)13-7-6-9-19(11-13)14-15(21)20(10-8-18-14)16(2,3)4/h8,10,12-13,17H,6-7,9,11H2,1-5H3. The Morgan fingerprint density at radius 3 is 2.76 bits per heavy atom. The Hall–Kier alpha value is -1.36. The number of nitrogens with one attached hydrogen (secondary N) is 1. The van der Waals surface area contributed by atoms with Gasteiger partial charge in [0.15, 0.2) is 5.82 Å². The molecule has 0 amide bonds. The van der Waals surface area contributed by atoms with Crippen molar-refractivity contribution >= 4 is 5.82 Å². The molecule has 1 aliphatic heterocycles. The highest BCUT2D eigenvalue weighted by Gasteiger charge is 2.27. The zero-order chi connectivity index (χ0) is 15.6. The van der Waals surface area contributed by atoms with Crippen molar-refractivity contribution in [2.75, 3.05) is 25.0 Å². The molecule has 5 nitrogen and oxygen atoms in total. The van der Waals surface area contributed by atoms with Crippen molar-refractivity contribution in [3.05, 3.63) is 22.7 Å². The van der Waals surface area contributed by atoms with E-state index >= 15 is 0 Å². The molecule has 2 heterocycles. The van der Waals surface area contributed by atoms with Crippen molar-refractivity contribution in [1.82, 2.24) is 14.9 Å². The van der Waals surface area contributed by atoms with Gasteiger partial charge < -0.3 is 14.8 Å². The lowest BCUT2D eigenvalue weighted by Crippen LogP contribution is -2.46. The maximum Gasteiger partial charge on any atom is 0.293 e. The zero-order valence-corrected chi connectivity index (χ0v) is 13.9. The molecular formula is C16H28N4O. The molecule has 0 aromatic carbocycles. The number of hydrogen-bond donors (Lipinski definition) is 1. The van der Waals surface area contributed by atoms with Crippen LogP contribution in [-0.2, 0) is 5.54 Å². The van der Waals surface area contributed by atoms with E-state index in [0.29, 0.717) is 17.8 Å². The summed E-state index contributed by atoms with van der Waals surface area (Å²) >= 11 is 0. The van der Waals surface area contributed by atoms with Crippen molar-refractivity contribution in [3.8, 4) is 0 Å². The highest BCUT2D eigenvalue weighted by molar-refractivity contribution is 5.36. The molecular weight excluding hydrogens is 264 g/mol. The lowest BCUT2D eigenvalue weighted by atomic mass is 9.92. The SMILES string of the molecule is CNC(C)C1CCCN(c2nccn(C(C)(C)C)c2=O)C1. The summed E-state index contributed by atoms with van der Waals surface area (Å²) in [4.78, 5) is 19.2. The highest BCUT2D eigenvalue weighted by atomic mass is 16.1. The van der Waals surface area contributed by atoms with Gasteiger partial charge in [-0.15, -0.1) is 0 Å². The van der Waals surface area contributed by atoms with Crippen LogP contribution in [0.1, 0.15) is 40.5 Å². The predicted molar refractivity (Wildman–Crippen MR) is 87.0 cm³/mol. The Balaban J connectivity index is 2.28. The van der Waals surface area contributed by atoms with Gasteiger partial charge in [-0.2, -0.15) is 0 Å². The van der Waals surface area contributed by atoms with Gasteiger partial charge in [-0.25, -0.2) is 4.98 Å². The maximum absolute atomic E-state index is 12.7. The fourth-order valence-electron chi connectivity index (χ4n) is 2.99. The smallest absolute Gasteiger partial charge is 0.293 e. The molecule has 1 aliphatic rings. The Morgan fingerprint density at radius 1 is 1.43 bits per heavy atom. The summed E-state index contributed by atoms with van der Waals surface area (Å²) in [7, 11) is 2.00. The molecule has 1 aromatic rings. The van der Waals surface area contributed by atoms with Crippen LogP contribution in [0.25, 0.3) is 0 Å². The first-order valence-corrected chi connectivity index (χ1v) is 7.85. The van der Waals surface area contributed by atoms with Crippen LogP contribution in [-0.4, -0.2) is 35.7 Å². The second kappa shape index (κ2) is 6.18. The van der Waals surface area contributed by atoms with Crippen molar-refractivity contribution in [2.45, 2.75) is 52.1 Å². The van der Waals surface area contributed by atoms with Gasteiger partial charge in [0, 0.05) is 37.1 Å². The molecule has 1 saturated heterocycles. The normalized spacial score (nSPS) is 21.4. The zero-order valence-electron chi connectivity index (χ0n) is 13.9. The van der Waals surface area contributed by atoms with E-state index in [-0.39, 0.29) is 11.1 Å². The second-order valence-electron chi connectivity index (χ2n) is 7.02. The third-order valence-electron chi connectivity index (χ3n) is 4.47. The Bertz CT molecular complexity index is 532. The van der Waals surface area contributed by atoms with Gasteiger partial charge in [-0.3, -0.25) is 4.79 Å². The second-order valence-corrected chi connectivity index (χ2v) is 7.02. The van der Waals surface area contributed by atoms with E-state index < -0.39 is 0 Å². The van der Waals surface area contributed by atoms with Gasteiger partial charge in [0.05, 0.1) is 0 Å². The lowest BCUT2D eigenvalue weighted by Gasteiger charge is -2.36. The third-order valence-corrected chi connectivity index (χ3v) is 4.47. The Kier molecular flexibility index (Phi) is 4.71. The van der Waals surface area contributed by atoms with Crippen molar-refractivity contribution in [1.29, 1.82) is 0 Å². The van der Waals surface area contributed by atoms with Crippen LogP contribution in [0.5, 0.6) is 0 Å². The van der Waals surface area contributed by atoms with E-state index in [9.17, 15) is 4.79 Å². The average molecular weight is 292 g/mol. The lowest BCUT2D eigenvalue weighted by molar-refractivity contribution is 0.330. The van der Waals surface area contributed by atoms with Crippen LogP contribution in [0.3, 0.4) is 0 Å². The molecule has 2 atom stereocenters. The molecule has 2 rings (SSSR count). The molecule has 1 aromatic heterocycles. The molecule has 0 spiro atoms. The molecule has 0 radical (unpaired) electrons. The minimum Gasteiger partial charge on any atom is -0.352 e. The van der Waals surface area contributed by atoms with Crippen LogP contribution < -0.4 is 15.8 Å². The summed E-state index contributed by atoms with van der Waals surface area (Å²) in [6.07, 6.45) is 5.84. The van der Waals surface area contributed by atoms with Crippen molar-refractivity contribution in [3.63, 3.8) is 0 Å². The molecule has 118 valence electrons. The number of piperidine rings is 1. The van der Waals surface area contributed by atoms with Crippen LogP contribution in [0.4, 0.5) is 5.82 Å². The molecule has 0 aliphatic carbocycles. The van der Waals surface area contributed by atoms with Crippen LogP contribution in [0.2, 0.25) is 0 Å². The van der Waals surface area contributed by atoms with E-state index in [0.717, 1.165) is 19.5 Å². The van der Waals surface area contributed by atoms with Gasteiger partial charge in [0.2, 0.25) is 0 Å². The quantitative estimate of drug-likeness (QED) is 0.923. The molecule has 1 fully saturated rings. The van der Waals surface area contributed by atoms with Gasteiger partial charge >= 0.3 is 0 Å². The molecule has 0 saturated carbocycles. The number of aromatic nitrogens is 2. The van der Waals surface area contributed by atoms with Crippen LogP contribution in [0.15, 0.2) is 17.2 Å². The van der Waals surface area contributed by atoms with Gasteiger partial charge in [-0.1, -0.05) is 0 Å². The summed E-state index contributed by atoms with van der Waals surface area (Å²) < 4.78 is 1.78. The Labute approximate surface area is 127 Å². The van der Waals surface area contributed by atoms with Crippen molar-refractivity contribution < 1.29 is 0 Å². The minimum atomic E-state index is -0.220. The summed E-state index contributed by atoms with van der Waals surface area (Å²) in [6, 6.07) is 0.460. The van der Waals surface area contributed by atoms with E-state index in [2.05, 4.69) is 22.1 Å². The van der Waals surface area contributed by atoms with Gasteiger partial charge in [0.25, 0.3) is 5.56 Å². The monoisotopic (exact) mass is 292 g/mol. The fraction of sp³-hybridized carbons (Fsp3) is 0.750. The highest BCUT2D eigenvalue weighted by Crippen LogP contribution is 2.22. The molecule has 0 bridgehead atoms. The first-order valence-electron chi connectivity index (χ1n) is 7.85. The van der Waals surface area contributed by atoms with Crippen LogP contribution in [0, 0.1) is 5.92 Å². The van der Waals surface area contributed by atoms with Gasteiger partial charge in [-0.05, 0) is 53.5 Å². The number of hydrogen-bond acceptors (Lipinski definition) is 4. The molecule has 21 heavy (non-hydrogen) atoms. The van der Waals surface area contributed by atoms with E-state index in [1.165, 1.54) is 6.42 Å². The van der Waals surface area contributed by atoms with E-state index in [1.807, 2.05) is 27.8 Å². The number of rotatable bonds is 3. The predicted octanol–water partition coefficient (Wildman–Crippen LogP) is 1.82. The summed E-state index contributed by atoms with van der Waals surface area (Å²) in [5, 5.41) is 3.33. The van der Waals surface area contributed by atoms with E-state index in [1.54, 1.807) is 17.0 Å². The van der Waals surface area contributed by atoms with E-state index in [4.69, 9.17) is 0 Å². The number of nitrogens with zero attached hydrogens (tertiary/aromatic N) is 3. The number of anilines is 1. The summed E-state index contributed by atoms with van der Waals surface area (Å²) in [5.74, 6) is 1.16. The van der Waals surface area contributed by atoms with Crippen molar-refractivity contribution in [2.24, 2.45) is 5.92 Å². The fourth-order valence-corrected chi connectivity index (χ4v) is 2.99. The largest absolute Gasteiger partial charge is 0.352 e. The minimum absolute atomic E-state index is 0.0164. The maximum atomic E-state index is 12.7. The molecule has 2 unspecified atom stereocenters. The third kappa shape index (κ3) is 3.46. The molecule has 1 N–H and O–H groups in total. The topological polar surface area (TPSA) is 50.2 Å². The summed E-state index contributed by atoms with van der Waals surface area (Å²) in [6.45, 7) is 10.2.